The average molecular weight is 428 g/mol. The Hall–Kier alpha value is -1.88. The van der Waals surface area contributed by atoms with Crippen molar-refractivity contribution < 1.29 is 19.1 Å². The van der Waals surface area contributed by atoms with Crippen LogP contribution in [0.4, 0.5) is 0 Å². The summed E-state index contributed by atoms with van der Waals surface area (Å²) < 4.78 is 11.1. The van der Waals surface area contributed by atoms with Crippen LogP contribution in [-0.2, 0) is 26.2 Å². The van der Waals surface area contributed by atoms with Crippen LogP contribution in [0.1, 0.15) is 70.9 Å². The first kappa shape index (κ1) is 22.3. The molecule has 31 heavy (non-hydrogen) atoms. The highest BCUT2D eigenvalue weighted by molar-refractivity contribution is 6.05. The minimum absolute atomic E-state index is 0.0721. The zero-order chi connectivity index (χ0) is 22.6. The van der Waals surface area contributed by atoms with Gasteiger partial charge in [0, 0.05) is 23.9 Å². The molecule has 1 aromatic carbocycles. The Labute approximate surface area is 186 Å². The fraction of sp³-hybridized carbons (Fsp3) is 0.692. The molecule has 0 radical (unpaired) electrons. The number of fused-ring (bicyclic) bond motifs is 2. The van der Waals surface area contributed by atoms with Crippen LogP contribution in [-0.4, -0.2) is 49.5 Å². The highest BCUT2D eigenvalue weighted by Crippen LogP contribution is 2.68. The molecule has 1 saturated carbocycles. The quantitative estimate of drug-likeness (QED) is 0.480. The molecule has 0 aromatic heterocycles. The van der Waals surface area contributed by atoms with Crippen molar-refractivity contribution in [3.8, 4) is 5.75 Å². The maximum Gasteiger partial charge on any atom is 0.321 e. The molecule has 3 fully saturated rings. The van der Waals surface area contributed by atoms with Crippen molar-refractivity contribution in [2.24, 2.45) is 10.8 Å². The smallest absolute Gasteiger partial charge is 0.321 e. The van der Waals surface area contributed by atoms with Gasteiger partial charge in [-0.2, -0.15) is 0 Å². The minimum atomic E-state index is -1.07. The molecule has 170 valence electrons. The number of carbonyl (C=O) groups excluding carboxylic acids is 2. The van der Waals surface area contributed by atoms with Crippen LogP contribution in [0.15, 0.2) is 18.2 Å². The van der Waals surface area contributed by atoms with E-state index in [1.165, 1.54) is 11.1 Å². The Balaban J connectivity index is 1.86. The topological polar surface area (TPSA) is 55.8 Å². The van der Waals surface area contributed by atoms with E-state index in [9.17, 15) is 9.59 Å². The van der Waals surface area contributed by atoms with E-state index in [0.29, 0.717) is 25.5 Å². The largest absolute Gasteiger partial charge is 0.497 e. The molecule has 0 spiro atoms. The number of unbranched alkanes of at least 4 members (excludes halogenated alkanes) is 1. The molecule has 5 heteroatoms. The van der Waals surface area contributed by atoms with Crippen molar-refractivity contribution in [2.45, 2.75) is 83.7 Å². The van der Waals surface area contributed by atoms with Crippen LogP contribution in [0.5, 0.6) is 5.75 Å². The van der Waals surface area contributed by atoms with E-state index in [-0.39, 0.29) is 28.6 Å². The van der Waals surface area contributed by atoms with E-state index in [1.807, 2.05) is 13.0 Å². The molecule has 2 heterocycles. The van der Waals surface area contributed by atoms with Crippen LogP contribution in [0.25, 0.3) is 0 Å². The van der Waals surface area contributed by atoms with Crippen LogP contribution in [0.3, 0.4) is 0 Å². The predicted octanol–water partition coefficient (Wildman–Crippen LogP) is 4.30. The Morgan fingerprint density at radius 2 is 1.94 bits per heavy atom. The van der Waals surface area contributed by atoms with Gasteiger partial charge in [-0.15, -0.1) is 0 Å². The number of carbonyl (C=O) groups is 2. The van der Waals surface area contributed by atoms with Gasteiger partial charge in [-0.1, -0.05) is 33.3 Å². The Kier molecular flexibility index (Phi) is 5.48. The van der Waals surface area contributed by atoms with Gasteiger partial charge in [0.2, 0.25) is 0 Å². The average Bonchev–Trinajstić information content (AvgIpc) is 2.75. The normalized spacial score (nSPS) is 36.1. The molecule has 0 N–H and O–H groups in total. The minimum Gasteiger partial charge on any atom is -0.497 e. The van der Waals surface area contributed by atoms with Gasteiger partial charge in [0.1, 0.15) is 11.2 Å². The second-order valence-electron chi connectivity index (χ2n) is 10.3. The number of benzene rings is 1. The third kappa shape index (κ3) is 2.84. The summed E-state index contributed by atoms with van der Waals surface area (Å²) in [6.45, 7) is 8.85. The molecule has 1 aromatic rings. The van der Waals surface area contributed by atoms with Crippen molar-refractivity contribution in [1.29, 1.82) is 0 Å². The second-order valence-corrected chi connectivity index (χ2v) is 10.3. The number of piperidine rings is 2. The first-order valence-electron chi connectivity index (χ1n) is 11.8. The number of hydrogen-bond acceptors (Lipinski definition) is 5. The van der Waals surface area contributed by atoms with Gasteiger partial charge in [-0.25, -0.2) is 0 Å². The first-order valence-corrected chi connectivity index (χ1v) is 11.8. The summed E-state index contributed by atoms with van der Waals surface area (Å²) in [7, 11) is 3.82. The second kappa shape index (κ2) is 7.61. The number of ether oxygens (including phenoxy) is 2. The molecule has 3 unspecified atom stereocenters. The van der Waals surface area contributed by atoms with Crippen LogP contribution < -0.4 is 4.74 Å². The summed E-state index contributed by atoms with van der Waals surface area (Å²) in [5.74, 6) is 0.626. The lowest BCUT2D eigenvalue weighted by Gasteiger charge is -2.71. The van der Waals surface area contributed by atoms with Crippen molar-refractivity contribution >= 4 is 11.8 Å². The van der Waals surface area contributed by atoms with Crippen molar-refractivity contribution in [3.05, 3.63) is 29.3 Å². The summed E-state index contributed by atoms with van der Waals surface area (Å²) >= 11 is 0. The summed E-state index contributed by atoms with van der Waals surface area (Å²) in [6, 6.07) is 6.56. The SMILES string of the molecule is CCCCC(=O)C1(C(=O)OCC)C[C@]2(C)C3Cc4ccc(OC)cc4[C@]2(C)CC1N3C. The van der Waals surface area contributed by atoms with Crippen molar-refractivity contribution in [3.63, 3.8) is 0 Å². The molecule has 2 aliphatic carbocycles. The molecule has 2 aliphatic heterocycles. The molecule has 2 saturated heterocycles. The molecular formula is C26H37NO4. The number of esters is 1. The number of likely N-dealkylation sites (N-methyl/N-ethyl adjacent to an activating group) is 1. The van der Waals surface area contributed by atoms with E-state index in [2.05, 4.69) is 44.9 Å². The zero-order valence-electron chi connectivity index (χ0n) is 19.9. The lowest BCUT2D eigenvalue weighted by Crippen LogP contribution is -2.78. The first-order chi connectivity index (χ1) is 14.7. The Bertz CT molecular complexity index is 897. The molecule has 5 atom stereocenters. The zero-order valence-corrected chi connectivity index (χ0v) is 19.9. The molecule has 0 amide bonds. The summed E-state index contributed by atoms with van der Waals surface area (Å²) in [5, 5.41) is 0. The molecule has 5 nitrogen and oxygen atoms in total. The van der Waals surface area contributed by atoms with Gasteiger partial charge >= 0.3 is 5.97 Å². The molecular weight excluding hydrogens is 390 g/mol. The summed E-state index contributed by atoms with van der Waals surface area (Å²) in [4.78, 5) is 29.5. The number of nitrogens with zero attached hydrogens (tertiary/aromatic N) is 1. The van der Waals surface area contributed by atoms with E-state index in [4.69, 9.17) is 9.47 Å². The van der Waals surface area contributed by atoms with Gasteiger partial charge in [-0.05, 0) is 68.3 Å². The van der Waals surface area contributed by atoms with E-state index < -0.39 is 5.41 Å². The van der Waals surface area contributed by atoms with Crippen LogP contribution >= 0.6 is 0 Å². The summed E-state index contributed by atoms with van der Waals surface area (Å²) in [6.07, 6.45) is 4.47. The number of hydrogen-bond donors (Lipinski definition) is 0. The maximum absolute atomic E-state index is 13.7. The van der Waals surface area contributed by atoms with Gasteiger partial charge in [0.25, 0.3) is 0 Å². The van der Waals surface area contributed by atoms with Crippen molar-refractivity contribution in [2.75, 3.05) is 20.8 Å². The number of Topliss-reactive ketones (excluding diaryl/α,β-unsaturated/α-hetero) is 1. The van der Waals surface area contributed by atoms with E-state index >= 15 is 0 Å². The highest BCUT2D eigenvalue weighted by Gasteiger charge is 2.73. The third-order valence-electron chi connectivity index (χ3n) is 9.02. The number of methoxy groups -OCH3 is 1. The number of ketones is 1. The lowest BCUT2D eigenvalue weighted by atomic mass is 9.39. The van der Waals surface area contributed by atoms with E-state index in [1.54, 1.807) is 7.11 Å². The van der Waals surface area contributed by atoms with Crippen LogP contribution in [0, 0.1) is 10.8 Å². The van der Waals surface area contributed by atoms with Gasteiger partial charge < -0.3 is 9.47 Å². The predicted molar refractivity (Wildman–Crippen MR) is 120 cm³/mol. The highest BCUT2D eigenvalue weighted by atomic mass is 16.5. The monoisotopic (exact) mass is 427 g/mol. The fourth-order valence-electron chi connectivity index (χ4n) is 7.13. The van der Waals surface area contributed by atoms with Gasteiger partial charge in [0.15, 0.2) is 5.78 Å². The standard InChI is InChI=1S/C26H37NO4/c1-7-9-10-22(28)26(23(29)31-8-2)16-25(4)20-13-17-11-12-18(30-6)14-19(17)24(25,3)15-21(26)27(20)5/h11-12,14,20-21H,7-10,13,15-16H2,1-6H3/t20?,21?,24-,25+,26?/m0/s1. The molecule has 5 rings (SSSR count). The van der Waals surface area contributed by atoms with Gasteiger partial charge in [-0.3, -0.25) is 14.5 Å². The number of rotatable bonds is 7. The third-order valence-corrected chi connectivity index (χ3v) is 9.02. The summed E-state index contributed by atoms with van der Waals surface area (Å²) in [5.41, 5.74) is 1.27. The molecule has 4 aliphatic rings. The maximum atomic E-state index is 13.7. The molecule has 4 bridgehead atoms. The van der Waals surface area contributed by atoms with Crippen molar-refractivity contribution in [1.82, 2.24) is 4.90 Å². The van der Waals surface area contributed by atoms with E-state index in [0.717, 1.165) is 31.4 Å². The fourth-order valence-corrected chi connectivity index (χ4v) is 7.13. The van der Waals surface area contributed by atoms with Gasteiger partial charge in [0.05, 0.1) is 13.7 Å². The van der Waals surface area contributed by atoms with Crippen LogP contribution in [0.2, 0.25) is 0 Å². The lowest BCUT2D eigenvalue weighted by molar-refractivity contribution is -0.208. The Morgan fingerprint density at radius 3 is 2.58 bits per heavy atom. The Morgan fingerprint density at radius 1 is 1.19 bits per heavy atom.